The quantitative estimate of drug-likeness (QED) is 0.569. The first kappa shape index (κ1) is 8.18. The van der Waals surface area contributed by atoms with Gasteiger partial charge in [-0.15, -0.1) is 0 Å². The predicted octanol–water partition coefficient (Wildman–Crippen LogP) is 1.19. The summed E-state index contributed by atoms with van der Waals surface area (Å²) in [7, 11) is 5.63. The van der Waals surface area contributed by atoms with E-state index in [1.54, 1.807) is 0 Å². The topological polar surface area (TPSA) is 9.23 Å². The number of rotatable bonds is 2. The van der Waals surface area contributed by atoms with Crippen LogP contribution in [0.25, 0.3) is 0 Å². The van der Waals surface area contributed by atoms with Crippen LogP contribution in [0.15, 0.2) is 18.2 Å². The van der Waals surface area contributed by atoms with Crippen molar-refractivity contribution in [3.8, 4) is 5.75 Å². The molecule has 1 aromatic rings. The van der Waals surface area contributed by atoms with Gasteiger partial charge in [0.25, 0.3) is 0 Å². The first-order valence-electron chi connectivity index (χ1n) is 3.73. The zero-order valence-electron chi connectivity index (χ0n) is 6.92. The highest BCUT2D eigenvalue weighted by molar-refractivity contribution is 6.33. The molecule has 0 saturated carbocycles. The first-order chi connectivity index (χ1) is 5.24. The normalized spacial score (nSPS) is 9.64. The molecule has 2 radical (unpaired) electrons. The van der Waals surface area contributed by atoms with E-state index >= 15 is 0 Å². The summed E-state index contributed by atoms with van der Waals surface area (Å²) in [6.45, 7) is 4.63. The van der Waals surface area contributed by atoms with Crippen molar-refractivity contribution in [1.82, 2.24) is 0 Å². The van der Waals surface area contributed by atoms with Gasteiger partial charge in [0.15, 0.2) is 0 Å². The average molecular weight is 146 g/mol. The Labute approximate surface area is 68.8 Å². The molecule has 0 heterocycles. The molecule has 0 aliphatic rings. The highest BCUT2D eigenvalue weighted by Crippen LogP contribution is 2.09. The van der Waals surface area contributed by atoms with E-state index in [-0.39, 0.29) is 0 Å². The molecule has 1 aromatic carbocycles. The Morgan fingerprint density at radius 3 is 2.73 bits per heavy atom. The Kier molecular flexibility index (Phi) is 2.58. The summed E-state index contributed by atoms with van der Waals surface area (Å²) >= 11 is 0. The van der Waals surface area contributed by atoms with Crippen LogP contribution in [0.1, 0.15) is 12.5 Å². The van der Waals surface area contributed by atoms with Crippen LogP contribution in [-0.4, -0.2) is 14.5 Å². The van der Waals surface area contributed by atoms with Gasteiger partial charge in [-0.2, -0.15) is 0 Å². The third-order valence-electron chi connectivity index (χ3n) is 1.55. The highest BCUT2D eigenvalue weighted by Gasteiger charge is 1.94. The second kappa shape index (κ2) is 3.47. The highest BCUT2D eigenvalue weighted by atomic mass is 16.5. The summed E-state index contributed by atoms with van der Waals surface area (Å²) in [5, 5.41) is 0. The maximum absolute atomic E-state index is 5.63. The van der Waals surface area contributed by atoms with Crippen LogP contribution >= 0.6 is 0 Å². The lowest BCUT2D eigenvalue weighted by molar-refractivity contribution is 0.340. The summed E-state index contributed by atoms with van der Waals surface area (Å²) < 4.78 is 5.29. The van der Waals surface area contributed by atoms with Crippen molar-refractivity contribution in [3.05, 3.63) is 23.8 Å². The smallest absolute Gasteiger partial charge is 0.119 e. The lowest BCUT2D eigenvalue weighted by atomic mass is 9.91. The lowest BCUT2D eigenvalue weighted by Crippen LogP contribution is -2.06. The molecule has 0 bridgehead atoms. The summed E-state index contributed by atoms with van der Waals surface area (Å²) in [5.41, 5.74) is 1.88. The number of benzene rings is 1. The first-order valence-corrected chi connectivity index (χ1v) is 3.73. The molecule has 0 aliphatic heterocycles. The number of hydrogen-bond donors (Lipinski definition) is 0. The molecular weight excluding hydrogens is 135 g/mol. The molecule has 56 valence electrons. The van der Waals surface area contributed by atoms with E-state index < -0.39 is 0 Å². The summed E-state index contributed by atoms with van der Waals surface area (Å²) in [6, 6.07) is 5.69. The average Bonchev–Trinajstić information content (AvgIpc) is 1.98. The Morgan fingerprint density at radius 2 is 2.18 bits per heavy atom. The fourth-order valence-corrected chi connectivity index (χ4v) is 0.905. The van der Waals surface area contributed by atoms with Crippen molar-refractivity contribution in [2.24, 2.45) is 0 Å². The van der Waals surface area contributed by atoms with Gasteiger partial charge >= 0.3 is 0 Å². The molecule has 0 N–H and O–H groups in total. The van der Waals surface area contributed by atoms with Crippen LogP contribution < -0.4 is 10.2 Å². The van der Waals surface area contributed by atoms with Crippen LogP contribution in [0.2, 0.25) is 0 Å². The van der Waals surface area contributed by atoms with Crippen molar-refractivity contribution >= 4 is 13.3 Å². The standard InChI is InChI=1S/C9H11BO/c1-3-11-8-4-5-9(10)7(2)6-8/h4-6H,3H2,1-2H3. The van der Waals surface area contributed by atoms with Gasteiger partial charge in [-0.25, -0.2) is 0 Å². The van der Waals surface area contributed by atoms with Gasteiger partial charge in [0.2, 0.25) is 0 Å². The zero-order valence-corrected chi connectivity index (χ0v) is 6.92. The summed E-state index contributed by atoms with van der Waals surface area (Å²) in [6.07, 6.45) is 0. The Bertz CT molecular complexity index is 245. The van der Waals surface area contributed by atoms with Crippen molar-refractivity contribution < 1.29 is 4.74 Å². The van der Waals surface area contributed by atoms with E-state index in [1.807, 2.05) is 32.0 Å². The fraction of sp³-hybridized carbons (Fsp3) is 0.333. The molecule has 0 amide bonds. The van der Waals surface area contributed by atoms with E-state index in [9.17, 15) is 0 Å². The molecule has 0 atom stereocenters. The van der Waals surface area contributed by atoms with Gasteiger partial charge in [0.05, 0.1) is 6.61 Å². The molecule has 0 saturated heterocycles. The SMILES string of the molecule is [B]c1ccc(OCC)cc1C. The van der Waals surface area contributed by atoms with Gasteiger partial charge < -0.3 is 4.74 Å². The van der Waals surface area contributed by atoms with Crippen LogP contribution in [0.3, 0.4) is 0 Å². The van der Waals surface area contributed by atoms with Gasteiger partial charge in [0.1, 0.15) is 13.6 Å². The second-order valence-electron chi connectivity index (χ2n) is 2.45. The maximum Gasteiger partial charge on any atom is 0.119 e. The Hall–Kier alpha value is -0.915. The van der Waals surface area contributed by atoms with Gasteiger partial charge in [-0.1, -0.05) is 17.1 Å². The molecule has 0 aromatic heterocycles. The molecule has 0 unspecified atom stereocenters. The Morgan fingerprint density at radius 1 is 1.45 bits per heavy atom. The second-order valence-corrected chi connectivity index (χ2v) is 2.45. The monoisotopic (exact) mass is 146 g/mol. The van der Waals surface area contributed by atoms with Gasteiger partial charge in [-0.05, 0) is 26.0 Å². The van der Waals surface area contributed by atoms with Gasteiger partial charge in [-0.3, -0.25) is 0 Å². The fourth-order valence-electron chi connectivity index (χ4n) is 0.905. The lowest BCUT2D eigenvalue weighted by Gasteiger charge is -2.05. The summed E-state index contributed by atoms with van der Waals surface area (Å²) in [4.78, 5) is 0. The molecular formula is C9H11BO. The van der Waals surface area contributed by atoms with E-state index in [0.717, 1.165) is 16.8 Å². The molecule has 1 nitrogen and oxygen atoms in total. The Balaban J connectivity index is 2.86. The third kappa shape index (κ3) is 2.00. The number of ether oxygens (including phenoxy) is 1. The number of aryl methyl sites for hydroxylation is 1. The van der Waals surface area contributed by atoms with Crippen LogP contribution in [0.4, 0.5) is 0 Å². The molecule has 0 spiro atoms. The number of hydrogen-bond acceptors (Lipinski definition) is 1. The van der Waals surface area contributed by atoms with Gasteiger partial charge in [0, 0.05) is 0 Å². The molecule has 2 heteroatoms. The van der Waals surface area contributed by atoms with Crippen molar-refractivity contribution in [3.63, 3.8) is 0 Å². The van der Waals surface area contributed by atoms with E-state index in [2.05, 4.69) is 0 Å². The molecule has 0 aliphatic carbocycles. The molecule has 1 rings (SSSR count). The summed E-state index contributed by atoms with van der Waals surface area (Å²) in [5.74, 6) is 0.888. The minimum Gasteiger partial charge on any atom is -0.494 e. The van der Waals surface area contributed by atoms with Crippen LogP contribution in [0.5, 0.6) is 5.75 Å². The van der Waals surface area contributed by atoms with Crippen molar-refractivity contribution in [1.29, 1.82) is 0 Å². The minimum absolute atomic E-state index is 0.698. The minimum atomic E-state index is 0.698. The van der Waals surface area contributed by atoms with E-state index in [0.29, 0.717) is 6.61 Å². The van der Waals surface area contributed by atoms with Crippen molar-refractivity contribution in [2.75, 3.05) is 6.61 Å². The van der Waals surface area contributed by atoms with Crippen LogP contribution in [0, 0.1) is 6.92 Å². The van der Waals surface area contributed by atoms with Crippen LogP contribution in [-0.2, 0) is 0 Å². The molecule has 11 heavy (non-hydrogen) atoms. The van der Waals surface area contributed by atoms with E-state index in [4.69, 9.17) is 12.6 Å². The third-order valence-corrected chi connectivity index (χ3v) is 1.55. The largest absolute Gasteiger partial charge is 0.494 e. The maximum atomic E-state index is 5.63. The van der Waals surface area contributed by atoms with E-state index in [1.165, 1.54) is 0 Å². The zero-order chi connectivity index (χ0) is 8.27. The van der Waals surface area contributed by atoms with Crippen molar-refractivity contribution in [2.45, 2.75) is 13.8 Å². The predicted molar refractivity (Wildman–Crippen MR) is 47.7 cm³/mol. The molecule has 0 fully saturated rings.